The van der Waals surface area contributed by atoms with Gasteiger partial charge in [0.25, 0.3) is 5.69 Å². The largest absolute Gasteiger partial charge is 0.497 e. The molecular formula is C15H14N4O3. The van der Waals surface area contributed by atoms with Crippen LogP contribution in [0.15, 0.2) is 42.5 Å². The topological polar surface area (TPSA) is 93.1 Å². The summed E-state index contributed by atoms with van der Waals surface area (Å²) < 4.78 is 5.16. The second-order valence-corrected chi connectivity index (χ2v) is 4.75. The minimum absolute atomic E-state index is 0.0774. The average Bonchev–Trinajstić information content (AvgIpc) is 2.95. The lowest BCUT2D eigenvalue weighted by atomic mass is 10.2. The van der Waals surface area contributed by atoms with Crippen molar-refractivity contribution in [3.05, 3.63) is 58.1 Å². The second kappa shape index (κ2) is 5.72. The van der Waals surface area contributed by atoms with Gasteiger partial charge in [-0.3, -0.25) is 10.1 Å². The van der Waals surface area contributed by atoms with Crippen molar-refractivity contribution in [3.8, 4) is 5.75 Å². The molecule has 0 aliphatic heterocycles. The fraction of sp³-hybridized carbons (Fsp3) is 0.133. The Balaban J connectivity index is 1.76. The van der Waals surface area contributed by atoms with E-state index in [1.54, 1.807) is 19.2 Å². The highest BCUT2D eigenvalue weighted by Gasteiger charge is 2.07. The summed E-state index contributed by atoms with van der Waals surface area (Å²) in [6.07, 6.45) is 0. The molecular weight excluding hydrogens is 284 g/mol. The number of nitro groups is 1. The molecule has 1 aromatic heterocycles. The molecule has 1 heterocycles. The third-order valence-electron chi connectivity index (χ3n) is 3.27. The van der Waals surface area contributed by atoms with Gasteiger partial charge in [0.2, 0.25) is 5.95 Å². The molecule has 3 aromatic rings. The number of benzene rings is 2. The second-order valence-electron chi connectivity index (χ2n) is 4.75. The van der Waals surface area contributed by atoms with Gasteiger partial charge in [0, 0.05) is 24.7 Å². The Hall–Kier alpha value is -3.09. The molecule has 0 bridgehead atoms. The highest BCUT2D eigenvalue weighted by Crippen LogP contribution is 2.21. The number of ether oxygens (including phenoxy) is 1. The van der Waals surface area contributed by atoms with Crippen LogP contribution in [0, 0.1) is 10.1 Å². The zero-order valence-electron chi connectivity index (χ0n) is 11.9. The smallest absolute Gasteiger partial charge is 0.269 e. The van der Waals surface area contributed by atoms with E-state index in [0.29, 0.717) is 12.5 Å². The molecule has 7 heteroatoms. The van der Waals surface area contributed by atoms with Crippen LogP contribution in [0.4, 0.5) is 11.6 Å². The summed E-state index contributed by atoms with van der Waals surface area (Å²) in [6.45, 7) is 0.443. The Kier molecular flexibility index (Phi) is 3.61. The number of hydrogen-bond donors (Lipinski definition) is 2. The Bertz CT molecular complexity index is 829. The van der Waals surface area contributed by atoms with Crippen LogP contribution in [-0.2, 0) is 6.54 Å². The highest BCUT2D eigenvalue weighted by molar-refractivity contribution is 5.79. The standard InChI is InChI=1S/C15H14N4O3/c1-22-12-5-6-13-14(8-12)18-15(17-13)16-9-10-3-2-4-11(7-10)19(20)21/h2-8H,9H2,1H3,(H2,16,17,18). The molecule has 2 N–H and O–H groups in total. The van der Waals surface area contributed by atoms with Crippen LogP contribution in [0.1, 0.15) is 5.56 Å². The number of anilines is 1. The highest BCUT2D eigenvalue weighted by atomic mass is 16.6. The van der Waals surface area contributed by atoms with Gasteiger partial charge in [0.1, 0.15) is 5.75 Å². The van der Waals surface area contributed by atoms with E-state index in [1.807, 2.05) is 24.3 Å². The zero-order chi connectivity index (χ0) is 15.5. The van der Waals surface area contributed by atoms with Crippen LogP contribution in [0.25, 0.3) is 11.0 Å². The first-order valence-corrected chi connectivity index (χ1v) is 6.66. The van der Waals surface area contributed by atoms with E-state index in [-0.39, 0.29) is 5.69 Å². The number of nitro benzene ring substituents is 1. The predicted molar refractivity (Wildman–Crippen MR) is 83.1 cm³/mol. The fourth-order valence-corrected chi connectivity index (χ4v) is 2.17. The lowest BCUT2D eigenvalue weighted by molar-refractivity contribution is -0.384. The quantitative estimate of drug-likeness (QED) is 0.557. The van der Waals surface area contributed by atoms with E-state index in [9.17, 15) is 10.1 Å². The monoisotopic (exact) mass is 298 g/mol. The van der Waals surface area contributed by atoms with E-state index < -0.39 is 4.92 Å². The van der Waals surface area contributed by atoms with Crippen molar-refractivity contribution >= 4 is 22.7 Å². The minimum atomic E-state index is -0.406. The van der Waals surface area contributed by atoms with Gasteiger partial charge in [-0.1, -0.05) is 12.1 Å². The number of non-ortho nitro benzene ring substituents is 1. The number of hydrogen-bond acceptors (Lipinski definition) is 5. The normalized spacial score (nSPS) is 10.6. The van der Waals surface area contributed by atoms with Gasteiger partial charge in [-0.05, 0) is 17.7 Å². The summed E-state index contributed by atoms with van der Waals surface area (Å²) >= 11 is 0. The van der Waals surface area contributed by atoms with Gasteiger partial charge >= 0.3 is 0 Å². The molecule has 0 saturated heterocycles. The number of H-pyrrole nitrogens is 1. The zero-order valence-corrected chi connectivity index (χ0v) is 11.9. The van der Waals surface area contributed by atoms with Crippen molar-refractivity contribution in [3.63, 3.8) is 0 Å². The van der Waals surface area contributed by atoms with Gasteiger partial charge in [-0.2, -0.15) is 0 Å². The number of methoxy groups -OCH3 is 1. The summed E-state index contributed by atoms with van der Waals surface area (Å²) in [5.74, 6) is 1.36. The molecule has 0 saturated carbocycles. The third kappa shape index (κ3) is 2.83. The van der Waals surface area contributed by atoms with Crippen molar-refractivity contribution in [1.82, 2.24) is 9.97 Å². The number of rotatable bonds is 5. The minimum Gasteiger partial charge on any atom is -0.497 e. The summed E-state index contributed by atoms with van der Waals surface area (Å²) in [5.41, 5.74) is 2.57. The molecule has 22 heavy (non-hydrogen) atoms. The van der Waals surface area contributed by atoms with Crippen molar-refractivity contribution in [2.75, 3.05) is 12.4 Å². The van der Waals surface area contributed by atoms with Gasteiger partial charge < -0.3 is 15.0 Å². The maximum Gasteiger partial charge on any atom is 0.269 e. The van der Waals surface area contributed by atoms with Crippen molar-refractivity contribution in [1.29, 1.82) is 0 Å². The van der Waals surface area contributed by atoms with Crippen LogP contribution in [0.2, 0.25) is 0 Å². The molecule has 0 spiro atoms. The summed E-state index contributed by atoms with van der Waals surface area (Å²) in [7, 11) is 1.61. The van der Waals surface area contributed by atoms with Crippen molar-refractivity contribution in [2.45, 2.75) is 6.54 Å². The molecule has 0 aliphatic rings. The Morgan fingerprint density at radius 2 is 2.18 bits per heavy atom. The molecule has 7 nitrogen and oxygen atoms in total. The molecule has 0 radical (unpaired) electrons. The van der Waals surface area contributed by atoms with Crippen LogP contribution in [0.3, 0.4) is 0 Å². The van der Waals surface area contributed by atoms with Gasteiger partial charge in [0.15, 0.2) is 0 Å². The van der Waals surface area contributed by atoms with Gasteiger partial charge in [-0.25, -0.2) is 4.98 Å². The summed E-state index contributed by atoms with van der Waals surface area (Å²) in [4.78, 5) is 17.9. The van der Waals surface area contributed by atoms with Crippen LogP contribution in [0.5, 0.6) is 5.75 Å². The number of imidazole rings is 1. The Morgan fingerprint density at radius 1 is 1.32 bits per heavy atom. The molecule has 0 amide bonds. The number of aromatic nitrogens is 2. The average molecular weight is 298 g/mol. The first-order valence-electron chi connectivity index (χ1n) is 6.66. The molecule has 0 aliphatic carbocycles. The lowest BCUT2D eigenvalue weighted by Gasteiger charge is -2.02. The van der Waals surface area contributed by atoms with E-state index in [0.717, 1.165) is 22.3 Å². The van der Waals surface area contributed by atoms with Gasteiger partial charge in [0.05, 0.1) is 23.1 Å². The number of aromatic amines is 1. The lowest BCUT2D eigenvalue weighted by Crippen LogP contribution is -2.01. The Labute approximate surface area is 126 Å². The number of nitrogens with zero attached hydrogens (tertiary/aromatic N) is 2. The summed E-state index contributed by atoms with van der Waals surface area (Å²) in [6, 6.07) is 12.1. The molecule has 3 rings (SSSR count). The van der Waals surface area contributed by atoms with Crippen LogP contribution < -0.4 is 10.1 Å². The van der Waals surface area contributed by atoms with E-state index in [2.05, 4.69) is 15.3 Å². The van der Waals surface area contributed by atoms with E-state index in [1.165, 1.54) is 6.07 Å². The molecule has 112 valence electrons. The molecule has 0 atom stereocenters. The van der Waals surface area contributed by atoms with Crippen LogP contribution >= 0.6 is 0 Å². The molecule has 0 unspecified atom stereocenters. The Morgan fingerprint density at radius 3 is 2.95 bits per heavy atom. The first-order chi connectivity index (χ1) is 10.7. The number of nitrogens with one attached hydrogen (secondary N) is 2. The number of fused-ring (bicyclic) bond motifs is 1. The van der Waals surface area contributed by atoms with E-state index in [4.69, 9.17) is 4.74 Å². The van der Waals surface area contributed by atoms with Crippen molar-refractivity contribution < 1.29 is 9.66 Å². The summed E-state index contributed by atoms with van der Waals surface area (Å²) in [5, 5.41) is 13.9. The predicted octanol–water partition coefficient (Wildman–Crippen LogP) is 3.09. The van der Waals surface area contributed by atoms with Crippen molar-refractivity contribution in [2.24, 2.45) is 0 Å². The fourth-order valence-electron chi connectivity index (χ4n) is 2.17. The third-order valence-corrected chi connectivity index (χ3v) is 3.27. The molecule has 0 fully saturated rings. The SMILES string of the molecule is COc1ccc2nc(NCc3cccc([N+](=O)[O-])c3)[nH]c2c1. The van der Waals surface area contributed by atoms with Gasteiger partial charge in [-0.15, -0.1) is 0 Å². The van der Waals surface area contributed by atoms with Crippen LogP contribution in [-0.4, -0.2) is 22.0 Å². The maximum atomic E-state index is 10.8. The van der Waals surface area contributed by atoms with E-state index >= 15 is 0 Å². The molecule has 2 aromatic carbocycles. The first kappa shape index (κ1) is 13.9. The maximum absolute atomic E-state index is 10.8.